The van der Waals surface area contributed by atoms with E-state index in [1.54, 1.807) is 42.9 Å². The summed E-state index contributed by atoms with van der Waals surface area (Å²) in [5, 5.41) is 28.7. The van der Waals surface area contributed by atoms with E-state index in [9.17, 15) is 14.7 Å². The fourth-order valence-corrected chi connectivity index (χ4v) is 6.17. The number of carboxylic acids is 1. The van der Waals surface area contributed by atoms with Crippen molar-refractivity contribution in [3.8, 4) is 11.1 Å². The maximum absolute atomic E-state index is 16.0. The van der Waals surface area contributed by atoms with Crippen LogP contribution in [0, 0.1) is 12.7 Å². The van der Waals surface area contributed by atoms with Gasteiger partial charge in [-0.2, -0.15) is 0 Å². The highest BCUT2D eigenvalue weighted by Gasteiger charge is 2.28. The minimum Gasteiger partial charge on any atom is -0.480 e. The first-order chi connectivity index (χ1) is 23.8. The van der Waals surface area contributed by atoms with Gasteiger partial charge in [-0.1, -0.05) is 36.8 Å². The number of nitrogens with one attached hydrogen (secondary N) is 3. The fourth-order valence-electron chi connectivity index (χ4n) is 6.17. The Kier molecular flexibility index (Phi) is 10.5. The van der Waals surface area contributed by atoms with Crippen molar-refractivity contribution in [2.24, 2.45) is 0 Å². The molecule has 0 bridgehead atoms. The summed E-state index contributed by atoms with van der Waals surface area (Å²) in [6.07, 6.45) is 7.47. The number of carboxylic acid groups (broad SMARTS) is 1. The summed E-state index contributed by atoms with van der Waals surface area (Å²) < 4.78 is 16.0. The van der Waals surface area contributed by atoms with Gasteiger partial charge in [0.2, 0.25) is 0 Å². The van der Waals surface area contributed by atoms with Crippen LogP contribution in [0.1, 0.15) is 46.4 Å². The van der Waals surface area contributed by atoms with Gasteiger partial charge in [0.1, 0.15) is 17.3 Å². The smallest absolute Gasteiger partial charge is 0.320 e. The summed E-state index contributed by atoms with van der Waals surface area (Å²) in [5.41, 5.74) is 5.08. The predicted molar refractivity (Wildman–Crippen MR) is 186 cm³/mol. The molecule has 3 aromatic heterocycles. The first kappa shape index (κ1) is 33.6. The van der Waals surface area contributed by atoms with E-state index in [0.29, 0.717) is 55.1 Å². The number of anilines is 3. The normalized spacial score (nSPS) is 14.9. The van der Waals surface area contributed by atoms with Crippen molar-refractivity contribution in [1.82, 2.24) is 25.2 Å². The van der Waals surface area contributed by atoms with Gasteiger partial charge < -0.3 is 26.2 Å². The second kappa shape index (κ2) is 15.3. The Hall–Kier alpha value is -5.30. The highest BCUT2D eigenvalue weighted by atomic mass is 19.1. The number of pyridine rings is 3. The van der Waals surface area contributed by atoms with Crippen LogP contribution >= 0.6 is 0 Å². The molecule has 0 aliphatic carbocycles. The van der Waals surface area contributed by atoms with Crippen molar-refractivity contribution in [3.63, 3.8) is 0 Å². The van der Waals surface area contributed by atoms with Gasteiger partial charge in [-0.05, 0) is 78.9 Å². The van der Waals surface area contributed by atoms with Crippen molar-refractivity contribution in [2.45, 2.75) is 45.3 Å². The topological polar surface area (TPSA) is 153 Å². The van der Waals surface area contributed by atoms with Crippen molar-refractivity contribution >= 4 is 40.0 Å². The number of piperidine rings is 1. The standard InChI is InChI=1S/C37H38FN7O4/c1-23-27(6-4-8-29(23)43-35-34-26(13-14-40-35)18-25(21-42-34)19-39-15-17-46)28-7-5-9-30(33(28)38)44-36(47)31-12-11-24(20-41-31)22-45-16-3-2-10-32(45)37(48)49/h4-9,11-14,18,20-21,32,39,46H,2-3,10,15-17,19,22H2,1H3,(H,40,43)(H,44,47)(H,48,49)/t32-/m0/s1. The largest absolute Gasteiger partial charge is 0.480 e. The quantitative estimate of drug-likeness (QED) is 0.106. The van der Waals surface area contributed by atoms with E-state index in [-0.39, 0.29) is 18.0 Å². The zero-order valence-corrected chi connectivity index (χ0v) is 27.1. The second-order valence-electron chi connectivity index (χ2n) is 12.1. The molecule has 49 heavy (non-hydrogen) atoms. The molecule has 1 aliphatic rings. The molecule has 0 radical (unpaired) electrons. The van der Waals surface area contributed by atoms with Crippen LogP contribution in [-0.2, 0) is 17.9 Å². The number of fused-ring (bicyclic) bond motifs is 1. The van der Waals surface area contributed by atoms with Gasteiger partial charge >= 0.3 is 5.97 Å². The molecule has 6 rings (SSSR count). The lowest BCUT2D eigenvalue weighted by Gasteiger charge is -2.32. The van der Waals surface area contributed by atoms with Crippen LogP contribution in [0.3, 0.4) is 0 Å². The summed E-state index contributed by atoms with van der Waals surface area (Å²) >= 11 is 0. The maximum atomic E-state index is 16.0. The Labute approximate surface area is 283 Å². The van der Waals surface area contributed by atoms with Gasteiger partial charge in [0.05, 0.1) is 12.3 Å². The van der Waals surface area contributed by atoms with Crippen LogP contribution in [-0.4, -0.2) is 67.7 Å². The number of aliphatic carboxylic acids is 1. The van der Waals surface area contributed by atoms with Gasteiger partial charge in [0.25, 0.3) is 5.91 Å². The lowest BCUT2D eigenvalue weighted by atomic mass is 9.98. The number of halogens is 1. The minimum atomic E-state index is -0.830. The van der Waals surface area contributed by atoms with Gasteiger partial charge in [0, 0.05) is 54.9 Å². The number of aromatic nitrogens is 3. The van der Waals surface area contributed by atoms with Crippen molar-refractivity contribution in [1.29, 1.82) is 0 Å². The molecule has 252 valence electrons. The summed E-state index contributed by atoms with van der Waals surface area (Å²) in [6.45, 7) is 4.14. The average Bonchev–Trinajstić information content (AvgIpc) is 3.11. The third-order valence-corrected chi connectivity index (χ3v) is 8.74. The zero-order valence-electron chi connectivity index (χ0n) is 27.1. The van der Waals surface area contributed by atoms with Gasteiger partial charge in [-0.3, -0.25) is 24.5 Å². The van der Waals surface area contributed by atoms with Crippen LogP contribution in [0.2, 0.25) is 0 Å². The van der Waals surface area contributed by atoms with Crippen molar-refractivity contribution < 1.29 is 24.2 Å². The van der Waals surface area contributed by atoms with Crippen LogP contribution < -0.4 is 16.0 Å². The zero-order chi connectivity index (χ0) is 34.3. The van der Waals surface area contributed by atoms with E-state index >= 15 is 4.39 Å². The number of nitrogens with zero attached hydrogens (tertiary/aromatic N) is 4. The number of carbonyl (C=O) groups is 2. The number of aliphatic hydroxyl groups is 1. The first-order valence-electron chi connectivity index (χ1n) is 16.3. The lowest BCUT2D eigenvalue weighted by molar-refractivity contribution is -0.144. The highest BCUT2D eigenvalue weighted by molar-refractivity contribution is 6.03. The molecule has 0 spiro atoms. The third-order valence-electron chi connectivity index (χ3n) is 8.74. The van der Waals surface area contributed by atoms with E-state index in [0.717, 1.165) is 40.6 Å². The fraction of sp³-hybridized carbons (Fsp3) is 0.270. The molecule has 0 saturated carbocycles. The van der Waals surface area contributed by atoms with E-state index in [2.05, 4.69) is 30.9 Å². The van der Waals surface area contributed by atoms with Gasteiger partial charge in [0.15, 0.2) is 11.6 Å². The molecular formula is C37H38FN7O4. The Balaban J connectivity index is 1.17. The van der Waals surface area contributed by atoms with E-state index in [1.165, 1.54) is 6.07 Å². The minimum absolute atomic E-state index is 0.0213. The summed E-state index contributed by atoms with van der Waals surface area (Å²) in [7, 11) is 0. The molecule has 4 heterocycles. The molecule has 1 atom stereocenters. The van der Waals surface area contributed by atoms with E-state index in [1.807, 2.05) is 42.2 Å². The van der Waals surface area contributed by atoms with Crippen molar-refractivity contribution in [2.75, 3.05) is 30.3 Å². The number of benzene rings is 2. The molecule has 1 aliphatic heterocycles. The number of carbonyl (C=O) groups excluding carboxylic acids is 1. The molecule has 1 fully saturated rings. The predicted octanol–water partition coefficient (Wildman–Crippen LogP) is 5.66. The molecule has 5 aromatic rings. The Morgan fingerprint density at radius 1 is 0.959 bits per heavy atom. The Morgan fingerprint density at radius 3 is 2.53 bits per heavy atom. The molecule has 1 amide bonds. The van der Waals surface area contributed by atoms with Gasteiger partial charge in [-0.25, -0.2) is 9.37 Å². The molecule has 11 nitrogen and oxygen atoms in total. The number of hydrogen-bond acceptors (Lipinski definition) is 9. The summed E-state index contributed by atoms with van der Waals surface area (Å²) in [6, 6.07) is 17.1. The molecule has 5 N–H and O–H groups in total. The molecule has 12 heteroatoms. The summed E-state index contributed by atoms with van der Waals surface area (Å²) in [4.78, 5) is 40.1. The van der Waals surface area contributed by atoms with Crippen LogP contribution in [0.15, 0.2) is 79.3 Å². The second-order valence-corrected chi connectivity index (χ2v) is 12.1. The molecule has 0 unspecified atom stereocenters. The van der Waals surface area contributed by atoms with E-state index < -0.39 is 23.7 Å². The number of aliphatic hydroxyl groups excluding tert-OH is 1. The monoisotopic (exact) mass is 663 g/mol. The lowest BCUT2D eigenvalue weighted by Crippen LogP contribution is -2.44. The number of likely N-dealkylation sites (tertiary alicyclic amines) is 1. The molecule has 1 saturated heterocycles. The van der Waals surface area contributed by atoms with Crippen LogP contribution in [0.4, 0.5) is 21.6 Å². The number of hydrogen-bond donors (Lipinski definition) is 5. The van der Waals surface area contributed by atoms with E-state index in [4.69, 9.17) is 5.11 Å². The Bertz CT molecular complexity index is 1970. The molecule has 2 aromatic carbocycles. The Morgan fingerprint density at radius 2 is 1.76 bits per heavy atom. The SMILES string of the molecule is Cc1c(Nc2nccc3cc(CNCCO)cnc23)cccc1-c1cccc(NC(=O)c2ccc(CN3CCCC[C@H]3C(=O)O)cn2)c1F. The van der Waals surface area contributed by atoms with Gasteiger partial charge in [-0.15, -0.1) is 0 Å². The van der Waals surface area contributed by atoms with Crippen LogP contribution in [0.5, 0.6) is 0 Å². The average molecular weight is 664 g/mol. The summed E-state index contributed by atoms with van der Waals surface area (Å²) in [5.74, 6) is -1.41. The number of amides is 1. The third kappa shape index (κ3) is 7.72. The highest BCUT2D eigenvalue weighted by Crippen LogP contribution is 2.35. The first-order valence-corrected chi connectivity index (χ1v) is 16.3. The molecular weight excluding hydrogens is 625 g/mol. The van der Waals surface area contributed by atoms with Crippen LogP contribution in [0.25, 0.3) is 22.0 Å². The number of rotatable bonds is 12. The van der Waals surface area contributed by atoms with Crippen molar-refractivity contribution in [3.05, 3.63) is 107 Å². The maximum Gasteiger partial charge on any atom is 0.320 e.